The highest BCUT2D eigenvalue weighted by Crippen LogP contribution is 2.25. The topological polar surface area (TPSA) is 81.9 Å². The quantitative estimate of drug-likeness (QED) is 0.310. The zero-order chi connectivity index (χ0) is 23.1. The van der Waals surface area contributed by atoms with Crippen LogP contribution in [0.2, 0.25) is 0 Å². The zero-order valence-electron chi connectivity index (χ0n) is 18.3. The third-order valence-electron chi connectivity index (χ3n) is 4.52. The fraction of sp³-hybridized carbons (Fsp3) is 0.304. The first-order valence-electron chi connectivity index (χ1n) is 10.1. The van der Waals surface area contributed by atoms with Crippen LogP contribution < -0.4 is 10.1 Å². The maximum absolute atomic E-state index is 12.3. The van der Waals surface area contributed by atoms with Crippen LogP contribution in [0.1, 0.15) is 32.2 Å². The molecule has 0 fully saturated rings. The second-order valence-electron chi connectivity index (χ2n) is 8.06. The van der Waals surface area contributed by atoms with Gasteiger partial charge in [0.2, 0.25) is 5.91 Å². The summed E-state index contributed by atoms with van der Waals surface area (Å²) in [6, 6.07) is 11.6. The number of hydrogen-bond acceptors (Lipinski definition) is 6. The highest BCUT2D eigenvalue weighted by molar-refractivity contribution is 9.10. The molecule has 1 amide bonds. The Morgan fingerprint density at radius 3 is 2.59 bits per heavy atom. The van der Waals surface area contributed by atoms with E-state index < -0.39 is 0 Å². The van der Waals surface area contributed by atoms with Gasteiger partial charge in [-0.05, 0) is 51.2 Å². The highest BCUT2D eigenvalue weighted by Gasteiger charge is 2.16. The van der Waals surface area contributed by atoms with Gasteiger partial charge in [-0.2, -0.15) is 0 Å². The van der Waals surface area contributed by atoms with Gasteiger partial charge in [0.15, 0.2) is 11.0 Å². The van der Waals surface area contributed by atoms with Crippen LogP contribution in [-0.2, 0) is 23.4 Å². The Morgan fingerprint density at radius 1 is 1.22 bits per heavy atom. The third kappa shape index (κ3) is 6.67. The van der Waals surface area contributed by atoms with Crippen molar-refractivity contribution in [2.24, 2.45) is 0 Å². The van der Waals surface area contributed by atoms with E-state index in [-0.39, 0.29) is 23.7 Å². The van der Waals surface area contributed by atoms with Gasteiger partial charge in [0.1, 0.15) is 18.2 Å². The molecule has 1 aromatic carbocycles. The maximum Gasteiger partial charge on any atom is 0.236 e. The molecule has 3 rings (SSSR count). The second kappa shape index (κ2) is 10.8. The van der Waals surface area contributed by atoms with E-state index in [1.54, 1.807) is 18.3 Å². The van der Waals surface area contributed by atoms with Crippen molar-refractivity contribution >= 4 is 39.4 Å². The molecule has 0 unspecified atom stereocenters. The summed E-state index contributed by atoms with van der Waals surface area (Å²) in [7, 11) is 0. The summed E-state index contributed by atoms with van der Waals surface area (Å²) in [5.41, 5.74) is 1.34. The van der Waals surface area contributed by atoms with Crippen LogP contribution in [0.15, 0.2) is 64.9 Å². The molecular formula is C23H26BrN5O2S. The fourth-order valence-electron chi connectivity index (χ4n) is 2.80. The molecule has 32 heavy (non-hydrogen) atoms. The van der Waals surface area contributed by atoms with Gasteiger partial charge in [-0.25, -0.2) is 4.98 Å². The molecule has 0 atom stereocenters. The normalized spacial score (nSPS) is 11.2. The summed E-state index contributed by atoms with van der Waals surface area (Å²) < 4.78 is 8.66. The summed E-state index contributed by atoms with van der Waals surface area (Å²) in [6.45, 7) is 11.1. The molecule has 2 aromatic heterocycles. The van der Waals surface area contributed by atoms with E-state index in [9.17, 15) is 4.79 Å². The lowest BCUT2D eigenvalue weighted by Gasteiger charge is -2.19. The Bertz CT molecular complexity index is 1060. The van der Waals surface area contributed by atoms with Gasteiger partial charge in [-0.15, -0.1) is 16.8 Å². The molecule has 9 heteroatoms. The molecule has 3 aromatic rings. The number of halogens is 1. The van der Waals surface area contributed by atoms with Gasteiger partial charge < -0.3 is 10.1 Å². The molecule has 0 aliphatic carbocycles. The van der Waals surface area contributed by atoms with Crippen molar-refractivity contribution < 1.29 is 9.53 Å². The third-order valence-corrected chi connectivity index (χ3v) is 5.96. The first-order chi connectivity index (χ1) is 15.3. The molecule has 0 radical (unpaired) electrons. The summed E-state index contributed by atoms with van der Waals surface area (Å²) in [5, 5.41) is 11.9. The Balaban J connectivity index is 1.60. The Morgan fingerprint density at radius 2 is 1.97 bits per heavy atom. The smallest absolute Gasteiger partial charge is 0.236 e. The summed E-state index contributed by atoms with van der Waals surface area (Å²) in [4.78, 5) is 16.4. The summed E-state index contributed by atoms with van der Waals surface area (Å²) >= 11 is 4.62. The molecular weight excluding hydrogens is 490 g/mol. The largest absolute Gasteiger partial charge is 0.486 e. The van der Waals surface area contributed by atoms with Crippen molar-refractivity contribution in [1.82, 2.24) is 19.7 Å². The van der Waals surface area contributed by atoms with Gasteiger partial charge in [0.05, 0.1) is 5.75 Å². The van der Waals surface area contributed by atoms with Crippen LogP contribution in [0, 0.1) is 0 Å². The van der Waals surface area contributed by atoms with Gasteiger partial charge in [0, 0.05) is 17.2 Å². The zero-order valence-corrected chi connectivity index (χ0v) is 20.7. The monoisotopic (exact) mass is 515 g/mol. The Labute approximate surface area is 200 Å². The number of aromatic nitrogens is 4. The SMILES string of the molecule is C=CCn1c(COc2ccc(C(C)(C)C)cc2)nnc1SCC(=O)Nc1ccc(Br)cn1. The van der Waals surface area contributed by atoms with E-state index in [4.69, 9.17) is 4.74 Å². The van der Waals surface area contributed by atoms with Gasteiger partial charge in [-0.3, -0.25) is 9.36 Å². The minimum absolute atomic E-state index is 0.0918. The average molecular weight is 516 g/mol. The lowest BCUT2D eigenvalue weighted by Crippen LogP contribution is -2.15. The van der Waals surface area contributed by atoms with Gasteiger partial charge in [-0.1, -0.05) is 50.7 Å². The number of amides is 1. The number of carbonyl (C=O) groups is 1. The first-order valence-corrected chi connectivity index (χ1v) is 11.8. The lowest BCUT2D eigenvalue weighted by atomic mass is 9.87. The molecule has 0 saturated carbocycles. The van der Waals surface area contributed by atoms with Crippen molar-refractivity contribution in [3.63, 3.8) is 0 Å². The fourth-order valence-corrected chi connectivity index (χ4v) is 3.80. The number of nitrogens with one attached hydrogen (secondary N) is 1. The van der Waals surface area contributed by atoms with Crippen LogP contribution in [0.3, 0.4) is 0 Å². The molecule has 2 heterocycles. The molecule has 7 nitrogen and oxygen atoms in total. The molecule has 0 spiro atoms. The van der Waals surface area contributed by atoms with Crippen LogP contribution in [-0.4, -0.2) is 31.4 Å². The minimum atomic E-state index is -0.172. The maximum atomic E-state index is 12.3. The second-order valence-corrected chi connectivity index (χ2v) is 9.92. The molecule has 0 aliphatic heterocycles. The van der Waals surface area contributed by atoms with E-state index >= 15 is 0 Å². The van der Waals surface area contributed by atoms with Crippen LogP contribution in [0.5, 0.6) is 5.75 Å². The van der Waals surface area contributed by atoms with E-state index in [0.717, 1.165) is 10.2 Å². The number of benzene rings is 1. The summed E-state index contributed by atoms with van der Waals surface area (Å²) in [5.74, 6) is 1.94. The number of ether oxygens (including phenoxy) is 1. The number of hydrogen-bond donors (Lipinski definition) is 1. The number of rotatable bonds is 9. The molecule has 0 saturated heterocycles. The van der Waals surface area contributed by atoms with Crippen molar-refractivity contribution in [2.75, 3.05) is 11.1 Å². The van der Waals surface area contributed by atoms with Crippen LogP contribution in [0.25, 0.3) is 0 Å². The van der Waals surface area contributed by atoms with Gasteiger partial charge >= 0.3 is 0 Å². The highest BCUT2D eigenvalue weighted by atomic mass is 79.9. The molecule has 0 aliphatic rings. The molecule has 1 N–H and O–H groups in total. The average Bonchev–Trinajstić information content (AvgIpc) is 3.14. The number of anilines is 1. The summed E-state index contributed by atoms with van der Waals surface area (Å²) in [6.07, 6.45) is 3.40. The van der Waals surface area contributed by atoms with Crippen molar-refractivity contribution in [3.05, 3.63) is 71.1 Å². The number of nitrogens with zero attached hydrogens (tertiary/aromatic N) is 4. The van der Waals surface area contributed by atoms with Crippen molar-refractivity contribution in [3.8, 4) is 5.75 Å². The van der Waals surface area contributed by atoms with Crippen molar-refractivity contribution in [2.45, 2.75) is 44.5 Å². The molecule has 0 bridgehead atoms. The number of allylic oxidation sites excluding steroid dienone is 1. The van der Waals surface area contributed by atoms with E-state index in [1.807, 2.05) is 22.8 Å². The van der Waals surface area contributed by atoms with E-state index in [0.29, 0.717) is 23.3 Å². The minimum Gasteiger partial charge on any atom is -0.486 e. The number of thioether (sulfide) groups is 1. The Kier molecular flexibility index (Phi) is 8.09. The van der Waals surface area contributed by atoms with Crippen molar-refractivity contribution in [1.29, 1.82) is 0 Å². The number of pyridine rings is 1. The lowest BCUT2D eigenvalue weighted by molar-refractivity contribution is -0.113. The van der Waals surface area contributed by atoms with E-state index in [1.165, 1.54) is 17.3 Å². The van der Waals surface area contributed by atoms with Crippen LogP contribution in [0.4, 0.5) is 5.82 Å². The van der Waals surface area contributed by atoms with Crippen LogP contribution >= 0.6 is 27.7 Å². The van der Waals surface area contributed by atoms with E-state index in [2.05, 4.69) is 75.9 Å². The molecule has 168 valence electrons. The predicted octanol–water partition coefficient (Wildman–Crippen LogP) is 5.23. The number of carbonyl (C=O) groups excluding carboxylic acids is 1. The standard InChI is InChI=1S/C23H26BrN5O2S/c1-5-12-29-20(14-31-18-9-6-16(7-10-18)23(2,3)4)27-28-22(29)32-15-21(30)26-19-11-8-17(24)13-25-19/h5-11,13H,1,12,14-15H2,2-4H3,(H,25,26,30). The first kappa shape index (κ1) is 24.0. The van der Waals surface area contributed by atoms with Gasteiger partial charge in [0.25, 0.3) is 0 Å². The Hall–Kier alpha value is -2.65. The predicted molar refractivity (Wildman–Crippen MR) is 131 cm³/mol.